The number of benzene rings is 3. The van der Waals surface area contributed by atoms with E-state index in [1.54, 1.807) is 82.4 Å². The Morgan fingerprint density at radius 1 is 0.520 bits per heavy atom. The lowest BCUT2D eigenvalue weighted by Crippen LogP contribution is -2.62. The van der Waals surface area contributed by atoms with Crippen molar-refractivity contribution in [3.63, 3.8) is 0 Å². The standard InChI is InChI=1S/C101H147N23O21S3/c1-11-13-29-78-92(138)112-69(42-57(3)4)89(135)118-76(87(133)108-51-83(103)128)55-148-56-84(129)110-72(44-60-33-35-63(125)36-34-60)95(141)119(8)59(7)86(132)114-74(48-82(102)127)97(143)123-41-25-32-79(123)93(139)117-75-50-109-101(147)105-39-24-18-16-15-17-23-38-104-100(146)106-40-37-68(88(134)116-73(96(142)121(10)80(30-14-12-2)99(145)120(78)9)46-62-52-122(54-85(130)131)77-31-22-20-27-66(62)77)111-90(136)70(45-61-49-107-67-28-21-19-26-65(61)67)113-94(140)81-47-64(126)53-124(81)98(144)71(43-58(5)6)115-91(75)137/h19-22,26-28,31,33-36,49,52,57-59,64,68-76,78-81,107,125-126H,11-18,23-25,29-30,32,37-48,50-51,53-56H2,1-10H3,(H2,102,127)(H2,103,128)(H,108,133)(H,110,129)(H,111,136)(H,112,138)(H,113,140)(H,114,132)(H,115,137)(H,116,134)(H,117,139)(H,118,135)(H,130,131)(H2,104,106,146)(H2,105,109,147)/t59-,64+,68-,69-,70-,71-,72-,73-,74-,75-,76-,78-,79-,80-,81-/m0/s1. The first-order valence-corrected chi connectivity index (χ1v) is 52.8. The van der Waals surface area contributed by atoms with Gasteiger partial charge in [0.1, 0.15) is 96.9 Å². The molecule has 44 nitrogen and oxygen atoms in total. The molecule has 22 N–H and O–H groups in total. The molecule has 15 atom stereocenters. The van der Waals surface area contributed by atoms with E-state index in [1.807, 2.05) is 13.8 Å². The van der Waals surface area contributed by atoms with E-state index in [0.717, 1.165) is 57.0 Å². The number of nitrogens with zero attached hydrogens (tertiary/aromatic N) is 6. The zero-order chi connectivity index (χ0) is 108. The van der Waals surface area contributed by atoms with Gasteiger partial charge in [0.2, 0.25) is 100 Å². The van der Waals surface area contributed by atoms with Crippen LogP contribution in [0.4, 0.5) is 0 Å². The number of aromatic nitrogens is 2. The molecule has 0 unspecified atom stereocenters. The lowest BCUT2D eigenvalue weighted by Gasteiger charge is -2.36. The normalized spacial score (nSPS) is 25.0. The molecule has 4 saturated heterocycles. The molecule has 47 heteroatoms. The van der Waals surface area contributed by atoms with E-state index < -0.39 is 254 Å². The highest BCUT2D eigenvalue weighted by atomic mass is 32.2. The molecule has 4 aliphatic heterocycles. The number of aromatic hydroxyl groups is 1. The van der Waals surface area contributed by atoms with Crippen molar-refractivity contribution in [2.24, 2.45) is 23.3 Å². The van der Waals surface area contributed by atoms with E-state index in [-0.39, 0.29) is 99.2 Å². The maximum absolute atomic E-state index is 16.3. The van der Waals surface area contributed by atoms with Crippen LogP contribution in [-0.4, -0.2) is 335 Å². The zero-order valence-electron chi connectivity index (χ0n) is 85.8. The number of phenols is 1. The van der Waals surface area contributed by atoms with Crippen molar-refractivity contribution in [1.82, 2.24) is 108 Å². The molecule has 4 fully saturated rings. The van der Waals surface area contributed by atoms with Crippen LogP contribution in [0.2, 0.25) is 0 Å². The molecule has 810 valence electrons. The van der Waals surface area contributed by atoms with Gasteiger partial charge < -0.3 is 135 Å². The Hall–Kier alpha value is -13.3. The number of carboxylic acid groups (broad SMARTS) is 1. The van der Waals surface area contributed by atoms with Crippen molar-refractivity contribution < 1.29 is 102 Å². The minimum absolute atomic E-state index is 0.00538. The number of aliphatic hydroxyl groups is 1. The SMILES string of the molecule is CCCC[C@H]1C(=O)N(C)[C@@H](CCCC)C(=O)N[C@@H](CC(C)C)C(=O)N[C@H](C(=O)NCC(N)=O)CSCC(=O)N[C@@H](Cc2ccc(O)cc2)C(=O)N(C)[C@@H](C)C(=O)N[C@@H](CC(N)=O)C(=O)N2CCC[C@H]2C(=O)N[C@H]2CNC(=S)NCCCCCCCCNC(=S)NCC[C@H](NC(=O)[C@H](Cc3c[nH]c4ccccc34)NC(=O)[C@@H]3C[C@@H](O)CN3C(=O)[C@H](CC(C)C)NC2=O)C(=O)N[C@@H](Cc2cn(CC(=O)O)c3ccccc23)C(=O)N1C. The third-order valence-electron chi connectivity index (χ3n) is 26.7. The predicted molar refractivity (Wildman–Crippen MR) is 562 cm³/mol. The Labute approximate surface area is 876 Å². The van der Waals surface area contributed by atoms with E-state index in [1.165, 1.54) is 68.0 Å². The highest BCUT2D eigenvalue weighted by Gasteiger charge is 2.47. The Kier molecular flexibility index (Phi) is 46.2. The minimum atomic E-state index is -1.79. The number of fused-ring (bicyclic) bond motifs is 12. The first-order chi connectivity index (χ1) is 70.4. The number of thiocarbonyl (C=S) groups is 2. The fourth-order valence-corrected chi connectivity index (χ4v) is 19.9. The van der Waals surface area contributed by atoms with Gasteiger partial charge in [-0.1, -0.05) is 141 Å². The zero-order valence-corrected chi connectivity index (χ0v) is 88.2. The molecule has 148 heavy (non-hydrogen) atoms. The number of carbonyl (C=O) groups excluding carboxylic acids is 17. The first-order valence-electron chi connectivity index (χ1n) is 50.8. The Morgan fingerprint density at radius 2 is 1.07 bits per heavy atom. The number of aliphatic carboxylic acids is 1. The molecule has 3 aromatic carbocycles. The first kappa shape index (κ1) is 118. The summed E-state index contributed by atoms with van der Waals surface area (Å²) in [6.07, 6.45) is 5.33. The van der Waals surface area contributed by atoms with Gasteiger partial charge in [-0.2, -0.15) is 0 Å². The van der Waals surface area contributed by atoms with Crippen LogP contribution < -0.4 is 85.9 Å². The number of aromatic amines is 1. The molecular weight excluding hydrogens is 1970 g/mol. The molecule has 5 aromatic rings. The molecule has 2 bridgehead atoms. The number of likely N-dealkylation sites (N-methyl/N-ethyl adjacent to an activating group) is 3. The van der Waals surface area contributed by atoms with Crippen LogP contribution >= 0.6 is 36.2 Å². The molecule has 0 saturated carbocycles. The quantitative estimate of drug-likeness (QED) is 0.0386. The highest BCUT2D eigenvalue weighted by Crippen LogP contribution is 2.30. The van der Waals surface area contributed by atoms with E-state index in [4.69, 9.17) is 35.9 Å². The topological polar surface area (TPSA) is 625 Å². The molecule has 17 amide bonds. The third-order valence-corrected chi connectivity index (χ3v) is 28.4. The summed E-state index contributed by atoms with van der Waals surface area (Å²) in [4.78, 5) is 277. The summed E-state index contributed by atoms with van der Waals surface area (Å²) in [5.41, 5.74) is 13.6. The third kappa shape index (κ3) is 34.9. The monoisotopic (exact) mass is 2110 g/mol. The Morgan fingerprint density at radius 3 is 1.72 bits per heavy atom. The second-order valence-electron chi connectivity index (χ2n) is 39.2. The van der Waals surface area contributed by atoms with Gasteiger partial charge in [0.05, 0.1) is 24.8 Å². The van der Waals surface area contributed by atoms with Gasteiger partial charge in [0, 0.05) is 126 Å². The molecule has 0 spiro atoms. The summed E-state index contributed by atoms with van der Waals surface area (Å²) < 4.78 is 1.46. The highest BCUT2D eigenvalue weighted by molar-refractivity contribution is 8.00. The number of phenolic OH excluding ortho intramolecular Hbond substituents is 1. The summed E-state index contributed by atoms with van der Waals surface area (Å²) in [7, 11) is 3.95. The number of carbonyl (C=O) groups is 18. The fraction of sp³-hybridized carbons (Fsp3) is 0.584. The molecule has 2 aromatic heterocycles. The summed E-state index contributed by atoms with van der Waals surface area (Å²) >= 11 is 12.3. The number of nitrogens with one attached hydrogen (secondary N) is 15. The Balaban J connectivity index is 1.17. The molecule has 4 aliphatic rings. The van der Waals surface area contributed by atoms with Gasteiger partial charge in [-0.05, 0) is 142 Å². The summed E-state index contributed by atoms with van der Waals surface area (Å²) in [6, 6.07) is -2.35. The van der Waals surface area contributed by atoms with Gasteiger partial charge in [-0.3, -0.25) is 86.3 Å². The number of hydrogen-bond donors (Lipinski definition) is 20. The summed E-state index contributed by atoms with van der Waals surface area (Å²) in [5.74, 6) is -18.8. The van der Waals surface area contributed by atoms with Crippen LogP contribution in [0.15, 0.2) is 85.2 Å². The second kappa shape index (κ2) is 57.9. The number of para-hydroxylation sites is 2. The number of nitrogens with two attached hydrogens (primary N) is 2. The predicted octanol–water partition coefficient (Wildman–Crippen LogP) is 0.126. The van der Waals surface area contributed by atoms with E-state index in [9.17, 15) is 48.9 Å². The number of thioether (sulfide) groups is 1. The van der Waals surface area contributed by atoms with Gasteiger partial charge in [-0.25, -0.2) is 0 Å². The van der Waals surface area contributed by atoms with Crippen LogP contribution in [0.1, 0.15) is 187 Å². The van der Waals surface area contributed by atoms with Crippen molar-refractivity contribution >= 4 is 175 Å². The molecule has 0 aliphatic carbocycles. The maximum Gasteiger partial charge on any atom is 0.323 e. The summed E-state index contributed by atoms with van der Waals surface area (Å²) in [6.45, 7) is 10.4. The number of amides is 17. The van der Waals surface area contributed by atoms with Crippen molar-refractivity contribution in [1.29, 1.82) is 0 Å². The van der Waals surface area contributed by atoms with Crippen LogP contribution in [0, 0.1) is 11.8 Å². The van der Waals surface area contributed by atoms with Gasteiger partial charge >= 0.3 is 5.97 Å². The second-order valence-corrected chi connectivity index (χ2v) is 41.1. The van der Waals surface area contributed by atoms with Crippen LogP contribution in [0.5, 0.6) is 5.75 Å². The maximum atomic E-state index is 16.3. The number of carboxylic acids is 1. The summed E-state index contributed by atoms with van der Waals surface area (Å²) in [5, 5.41) is 73.4. The van der Waals surface area contributed by atoms with Crippen molar-refractivity contribution in [2.45, 2.75) is 287 Å². The van der Waals surface area contributed by atoms with Crippen molar-refractivity contribution in [2.75, 3.05) is 78.5 Å². The average molecular weight is 2120 g/mol. The van der Waals surface area contributed by atoms with E-state index in [2.05, 4.69) is 79.4 Å². The van der Waals surface area contributed by atoms with E-state index >= 15 is 52.7 Å². The van der Waals surface area contributed by atoms with Crippen LogP contribution in [-0.2, 0) is 112 Å². The number of H-pyrrole nitrogens is 1. The largest absolute Gasteiger partial charge is 0.508 e. The molecule has 0 radical (unpaired) electrons. The molecule has 6 heterocycles. The van der Waals surface area contributed by atoms with Crippen molar-refractivity contribution in [3.8, 4) is 5.75 Å². The lowest BCUT2D eigenvalue weighted by atomic mass is 9.99. The van der Waals surface area contributed by atoms with Gasteiger partial charge in [0.15, 0.2) is 10.2 Å². The molecular formula is C101H147N23O21S3. The minimum Gasteiger partial charge on any atom is -0.508 e. The lowest BCUT2D eigenvalue weighted by molar-refractivity contribution is -0.149. The average Bonchev–Trinajstić information content (AvgIpc) is 1.64. The Bertz CT molecular complexity index is 5530. The smallest absolute Gasteiger partial charge is 0.323 e. The number of hydrogen-bond acceptors (Lipinski definition) is 23. The van der Waals surface area contributed by atoms with E-state index in [0.29, 0.717) is 90.1 Å². The van der Waals surface area contributed by atoms with Crippen LogP contribution in [0.25, 0.3) is 21.8 Å². The van der Waals surface area contributed by atoms with Gasteiger partial charge in [0.25, 0.3) is 0 Å². The molecule has 9 rings (SSSR count). The number of primary amides is 2. The van der Waals surface area contributed by atoms with Gasteiger partial charge in [-0.15, -0.1) is 11.8 Å². The van der Waals surface area contributed by atoms with Crippen LogP contribution in [0.3, 0.4) is 0 Å². The van der Waals surface area contributed by atoms with Crippen molar-refractivity contribution in [3.05, 3.63) is 102 Å². The fourth-order valence-electron chi connectivity index (χ4n) is 18.6. The number of aliphatic hydroxyl groups excluding tert-OH is 1. The number of rotatable bonds is 23. The number of unbranched alkanes of at least 4 members (excludes halogenated alkanes) is 2.